The van der Waals surface area contributed by atoms with Crippen molar-refractivity contribution in [3.63, 3.8) is 0 Å². The van der Waals surface area contributed by atoms with Crippen LogP contribution in [0, 0.1) is 5.82 Å². The first-order valence-corrected chi connectivity index (χ1v) is 7.35. The minimum atomic E-state index is -0.493. The monoisotopic (exact) mass is 345 g/mol. The summed E-state index contributed by atoms with van der Waals surface area (Å²) in [5.41, 5.74) is 1.30. The Labute approximate surface area is 142 Å². The molecule has 0 saturated heterocycles. The second kappa shape index (κ2) is 7.10. The van der Waals surface area contributed by atoms with E-state index in [1.165, 1.54) is 24.4 Å². The Balaban J connectivity index is 1.80. The Bertz CT molecular complexity index is 861. The van der Waals surface area contributed by atoms with E-state index in [2.05, 4.69) is 25.8 Å². The van der Waals surface area contributed by atoms with Crippen LogP contribution in [0.4, 0.5) is 27.5 Å². The smallest absolute Gasteiger partial charge is 0.249 e. The van der Waals surface area contributed by atoms with Crippen LogP contribution in [-0.4, -0.2) is 22.3 Å². The lowest BCUT2D eigenvalue weighted by Gasteiger charge is -2.10. The molecule has 24 heavy (non-hydrogen) atoms. The maximum Gasteiger partial charge on any atom is 0.249 e. The lowest BCUT2D eigenvalue weighted by atomic mass is 10.3. The standard InChI is InChI=1S/C16H13ClFN5O/c1-24-14-5-3-2-4-13(14)21-15-9-19-23-16(22-15)20-10-6-7-12(18)11(17)8-10/h2-9H,1H3,(H2,20,21,22,23). The van der Waals surface area contributed by atoms with Crippen molar-refractivity contribution in [2.24, 2.45) is 0 Å². The van der Waals surface area contributed by atoms with Crippen LogP contribution in [0.3, 0.4) is 0 Å². The molecule has 0 fully saturated rings. The van der Waals surface area contributed by atoms with E-state index in [0.29, 0.717) is 17.3 Å². The lowest BCUT2D eigenvalue weighted by molar-refractivity contribution is 0.417. The Morgan fingerprint density at radius 3 is 2.75 bits per heavy atom. The van der Waals surface area contributed by atoms with E-state index in [-0.39, 0.29) is 11.0 Å². The van der Waals surface area contributed by atoms with Gasteiger partial charge in [-0.1, -0.05) is 23.7 Å². The molecule has 0 saturated carbocycles. The van der Waals surface area contributed by atoms with Crippen LogP contribution < -0.4 is 15.4 Å². The van der Waals surface area contributed by atoms with Gasteiger partial charge in [-0.2, -0.15) is 10.1 Å². The van der Waals surface area contributed by atoms with Crippen molar-refractivity contribution in [1.29, 1.82) is 0 Å². The van der Waals surface area contributed by atoms with Crippen LogP contribution in [0.1, 0.15) is 0 Å². The highest BCUT2D eigenvalue weighted by Crippen LogP contribution is 2.26. The molecule has 3 rings (SSSR count). The van der Waals surface area contributed by atoms with Gasteiger partial charge in [0.2, 0.25) is 5.95 Å². The summed E-state index contributed by atoms with van der Waals surface area (Å²) in [6.07, 6.45) is 1.48. The van der Waals surface area contributed by atoms with Gasteiger partial charge in [0, 0.05) is 5.69 Å². The zero-order valence-electron chi connectivity index (χ0n) is 12.6. The third-order valence-corrected chi connectivity index (χ3v) is 3.39. The first-order chi connectivity index (χ1) is 11.7. The minimum absolute atomic E-state index is 0.0104. The van der Waals surface area contributed by atoms with E-state index >= 15 is 0 Å². The van der Waals surface area contributed by atoms with Crippen molar-refractivity contribution in [2.75, 3.05) is 17.7 Å². The van der Waals surface area contributed by atoms with Gasteiger partial charge >= 0.3 is 0 Å². The molecule has 0 radical (unpaired) electrons. The molecule has 0 atom stereocenters. The number of methoxy groups -OCH3 is 1. The average Bonchev–Trinajstić information content (AvgIpc) is 2.59. The summed E-state index contributed by atoms with van der Waals surface area (Å²) in [5.74, 6) is 0.909. The van der Waals surface area contributed by atoms with E-state index in [0.717, 1.165) is 5.69 Å². The molecule has 0 spiro atoms. The second-order valence-corrected chi connectivity index (χ2v) is 5.15. The Hall–Kier alpha value is -2.93. The number of anilines is 4. The Morgan fingerprint density at radius 1 is 1.12 bits per heavy atom. The van der Waals surface area contributed by atoms with Crippen LogP contribution in [0.2, 0.25) is 5.02 Å². The Kier molecular flexibility index (Phi) is 4.72. The zero-order valence-corrected chi connectivity index (χ0v) is 13.4. The van der Waals surface area contributed by atoms with Gasteiger partial charge in [0.05, 0.1) is 24.0 Å². The molecular weight excluding hydrogens is 333 g/mol. The lowest BCUT2D eigenvalue weighted by Crippen LogP contribution is -2.03. The van der Waals surface area contributed by atoms with Crippen LogP contribution in [0.15, 0.2) is 48.7 Å². The predicted octanol–water partition coefficient (Wildman–Crippen LogP) is 4.16. The molecule has 2 N–H and O–H groups in total. The molecule has 122 valence electrons. The maximum atomic E-state index is 13.2. The first kappa shape index (κ1) is 15.9. The van der Waals surface area contributed by atoms with Gasteiger partial charge in [-0.3, -0.25) is 0 Å². The summed E-state index contributed by atoms with van der Waals surface area (Å²) < 4.78 is 18.5. The van der Waals surface area contributed by atoms with Gasteiger partial charge < -0.3 is 15.4 Å². The number of nitrogens with one attached hydrogen (secondary N) is 2. The number of halogens is 2. The fourth-order valence-corrected chi connectivity index (χ4v) is 2.19. The van der Waals surface area contributed by atoms with Gasteiger partial charge in [-0.15, -0.1) is 5.10 Å². The topological polar surface area (TPSA) is 72.0 Å². The van der Waals surface area contributed by atoms with Crippen molar-refractivity contribution < 1.29 is 9.13 Å². The molecule has 6 nitrogen and oxygen atoms in total. The summed E-state index contributed by atoms with van der Waals surface area (Å²) in [5, 5.41) is 13.8. The number of benzene rings is 2. The Morgan fingerprint density at radius 2 is 1.96 bits per heavy atom. The highest BCUT2D eigenvalue weighted by molar-refractivity contribution is 6.31. The molecule has 1 aromatic heterocycles. The largest absolute Gasteiger partial charge is 0.495 e. The van der Waals surface area contributed by atoms with Crippen molar-refractivity contribution in [3.8, 4) is 5.75 Å². The second-order valence-electron chi connectivity index (χ2n) is 4.74. The van der Waals surface area contributed by atoms with Crippen molar-refractivity contribution in [1.82, 2.24) is 15.2 Å². The molecule has 0 amide bonds. The first-order valence-electron chi connectivity index (χ1n) is 6.97. The molecule has 1 heterocycles. The fourth-order valence-electron chi connectivity index (χ4n) is 2.01. The maximum absolute atomic E-state index is 13.2. The van der Waals surface area contributed by atoms with Gasteiger partial charge in [0.25, 0.3) is 0 Å². The molecule has 0 aliphatic heterocycles. The molecule has 0 unspecified atom stereocenters. The summed E-state index contributed by atoms with van der Waals surface area (Å²) in [4.78, 5) is 4.30. The number of nitrogens with zero attached hydrogens (tertiary/aromatic N) is 3. The van der Waals surface area contributed by atoms with Gasteiger partial charge in [0.15, 0.2) is 5.82 Å². The number of ether oxygens (including phenoxy) is 1. The normalized spacial score (nSPS) is 10.3. The van der Waals surface area contributed by atoms with E-state index in [9.17, 15) is 4.39 Å². The van der Waals surface area contributed by atoms with E-state index in [1.54, 1.807) is 7.11 Å². The average molecular weight is 346 g/mol. The van der Waals surface area contributed by atoms with Crippen LogP contribution >= 0.6 is 11.6 Å². The van der Waals surface area contributed by atoms with Crippen LogP contribution in [0.25, 0.3) is 0 Å². The van der Waals surface area contributed by atoms with E-state index in [1.807, 2.05) is 24.3 Å². The predicted molar refractivity (Wildman–Crippen MR) is 90.8 cm³/mol. The molecule has 8 heteroatoms. The SMILES string of the molecule is COc1ccccc1Nc1cnnc(Nc2ccc(F)c(Cl)c2)n1. The van der Waals surface area contributed by atoms with Crippen molar-refractivity contribution in [2.45, 2.75) is 0 Å². The number of hydrogen-bond donors (Lipinski definition) is 2. The molecule has 0 aliphatic carbocycles. The van der Waals surface area contributed by atoms with Crippen molar-refractivity contribution in [3.05, 3.63) is 59.5 Å². The summed E-state index contributed by atoms with van der Waals surface area (Å²) in [7, 11) is 1.59. The zero-order chi connectivity index (χ0) is 16.9. The van der Waals surface area contributed by atoms with E-state index < -0.39 is 5.82 Å². The number of aromatic nitrogens is 3. The summed E-state index contributed by atoms with van der Waals surface area (Å²) >= 11 is 5.75. The number of rotatable bonds is 5. The number of hydrogen-bond acceptors (Lipinski definition) is 6. The van der Waals surface area contributed by atoms with Gasteiger partial charge in [0.1, 0.15) is 11.6 Å². The minimum Gasteiger partial charge on any atom is -0.495 e. The number of para-hydroxylation sites is 2. The summed E-state index contributed by atoms with van der Waals surface area (Å²) in [6.45, 7) is 0. The molecule has 2 aromatic carbocycles. The fraction of sp³-hybridized carbons (Fsp3) is 0.0625. The molecule has 3 aromatic rings. The van der Waals surface area contributed by atoms with Crippen molar-refractivity contribution >= 4 is 34.7 Å². The third-order valence-electron chi connectivity index (χ3n) is 3.10. The molecule has 0 aliphatic rings. The van der Waals surface area contributed by atoms with Gasteiger partial charge in [-0.25, -0.2) is 4.39 Å². The highest BCUT2D eigenvalue weighted by atomic mass is 35.5. The van der Waals surface area contributed by atoms with E-state index in [4.69, 9.17) is 16.3 Å². The molecular formula is C16H13ClFN5O. The quantitative estimate of drug-likeness (QED) is 0.723. The van der Waals surface area contributed by atoms with Crippen LogP contribution in [-0.2, 0) is 0 Å². The molecule has 0 bridgehead atoms. The van der Waals surface area contributed by atoms with Gasteiger partial charge in [-0.05, 0) is 30.3 Å². The highest BCUT2D eigenvalue weighted by Gasteiger charge is 2.06. The third kappa shape index (κ3) is 3.69. The van der Waals surface area contributed by atoms with Crippen LogP contribution in [0.5, 0.6) is 5.75 Å². The summed E-state index contributed by atoms with van der Waals surface area (Å²) in [6, 6.07) is 11.7.